The van der Waals surface area contributed by atoms with Crippen molar-refractivity contribution in [2.45, 2.75) is 13.5 Å². The summed E-state index contributed by atoms with van der Waals surface area (Å²) in [7, 11) is 1.54. The van der Waals surface area contributed by atoms with Crippen LogP contribution in [0, 0.1) is 3.57 Å². The molecule has 168 valence electrons. The van der Waals surface area contributed by atoms with E-state index in [1.165, 1.54) is 7.11 Å². The molecule has 1 heterocycles. The lowest BCUT2D eigenvalue weighted by atomic mass is 10.1. The van der Waals surface area contributed by atoms with Crippen molar-refractivity contribution in [3.05, 3.63) is 60.5 Å². The minimum Gasteiger partial charge on any atom is -0.493 e. The summed E-state index contributed by atoms with van der Waals surface area (Å²) < 4.78 is 18.1. The maximum absolute atomic E-state index is 12.6. The van der Waals surface area contributed by atoms with E-state index in [2.05, 4.69) is 38.5 Å². The Labute approximate surface area is 211 Å². The Kier molecular flexibility index (Phi) is 8.60. The minimum atomic E-state index is -0.625. The Morgan fingerprint density at radius 2 is 1.94 bits per heavy atom. The first kappa shape index (κ1) is 24.6. The molecule has 0 spiro atoms. The van der Waals surface area contributed by atoms with Gasteiger partial charge in [0.2, 0.25) is 0 Å². The maximum Gasteiger partial charge on any atom is 0.326 e. The fourth-order valence-electron chi connectivity index (χ4n) is 2.82. The molecule has 0 aromatic heterocycles. The first-order chi connectivity index (χ1) is 15.3. The highest BCUT2D eigenvalue weighted by Gasteiger charge is 2.36. The molecule has 1 aliphatic rings. The number of halogens is 2. The number of rotatable bonds is 8. The number of hydrogen-bond donors (Lipinski definition) is 0. The van der Waals surface area contributed by atoms with Crippen LogP contribution in [-0.2, 0) is 20.9 Å². The van der Waals surface area contributed by atoms with Crippen LogP contribution in [0.15, 0.2) is 45.8 Å². The van der Waals surface area contributed by atoms with Gasteiger partial charge in [-0.3, -0.25) is 19.3 Å². The summed E-state index contributed by atoms with van der Waals surface area (Å²) in [5, 5.41) is -0.509. The molecule has 0 radical (unpaired) electrons. The number of thioether (sulfide) groups is 1. The van der Waals surface area contributed by atoms with Crippen LogP contribution in [-0.4, -0.2) is 42.3 Å². The summed E-state index contributed by atoms with van der Waals surface area (Å²) in [6.07, 6.45) is 1.60. The molecule has 1 saturated heterocycles. The van der Waals surface area contributed by atoms with Gasteiger partial charge in [0.15, 0.2) is 11.5 Å². The first-order valence-corrected chi connectivity index (χ1v) is 12.2. The molecule has 2 aromatic carbocycles. The Morgan fingerprint density at radius 3 is 2.59 bits per heavy atom. The van der Waals surface area contributed by atoms with Crippen molar-refractivity contribution in [1.29, 1.82) is 0 Å². The van der Waals surface area contributed by atoms with Crippen LogP contribution in [0.5, 0.6) is 11.5 Å². The van der Waals surface area contributed by atoms with Crippen molar-refractivity contribution >= 4 is 73.5 Å². The van der Waals surface area contributed by atoms with Gasteiger partial charge in [0.05, 0.1) is 22.2 Å². The average Bonchev–Trinajstić information content (AvgIpc) is 3.01. The highest BCUT2D eigenvalue weighted by atomic mass is 127. The van der Waals surface area contributed by atoms with Gasteiger partial charge in [-0.15, -0.1) is 0 Å². The third kappa shape index (κ3) is 6.04. The summed E-state index contributed by atoms with van der Waals surface area (Å²) in [4.78, 5) is 37.6. The highest BCUT2D eigenvalue weighted by Crippen LogP contribution is 2.37. The molecule has 10 heteroatoms. The highest BCUT2D eigenvalue weighted by molar-refractivity contribution is 14.1. The number of amides is 2. The van der Waals surface area contributed by atoms with Gasteiger partial charge in [0, 0.05) is 4.47 Å². The molecule has 0 N–H and O–H groups in total. The number of benzene rings is 2. The van der Waals surface area contributed by atoms with Crippen LogP contribution in [0.4, 0.5) is 4.79 Å². The van der Waals surface area contributed by atoms with Gasteiger partial charge in [0.25, 0.3) is 11.1 Å². The van der Waals surface area contributed by atoms with Crippen LogP contribution >= 0.6 is 50.3 Å². The second-order valence-electron chi connectivity index (χ2n) is 6.52. The summed E-state index contributed by atoms with van der Waals surface area (Å²) in [5.74, 6) is -0.0632. The van der Waals surface area contributed by atoms with Gasteiger partial charge in [-0.2, -0.15) is 0 Å². The normalized spacial score (nSPS) is 14.8. The third-order valence-corrected chi connectivity index (χ3v) is 6.55. The Morgan fingerprint density at radius 1 is 1.22 bits per heavy atom. The van der Waals surface area contributed by atoms with Gasteiger partial charge in [-0.25, -0.2) is 0 Å². The quantitative estimate of drug-likeness (QED) is 0.224. The van der Waals surface area contributed by atoms with E-state index < -0.39 is 23.7 Å². The molecule has 2 amide bonds. The first-order valence-electron chi connectivity index (χ1n) is 9.48. The van der Waals surface area contributed by atoms with Gasteiger partial charge >= 0.3 is 5.97 Å². The molecule has 0 saturated carbocycles. The molecular weight excluding hydrogens is 613 g/mol. The molecule has 1 fully saturated rings. The van der Waals surface area contributed by atoms with E-state index >= 15 is 0 Å². The summed E-state index contributed by atoms with van der Waals surface area (Å²) >= 11 is 6.33. The second kappa shape index (κ2) is 11.2. The van der Waals surface area contributed by atoms with E-state index in [1.54, 1.807) is 19.1 Å². The van der Waals surface area contributed by atoms with Crippen molar-refractivity contribution < 1.29 is 28.6 Å². The summed E-state index contributed by atoms with van der Waals surface area (Å²) in [6, 6.07) is 11.4. The van der Waals surface area contributed by atoms with Crippen LogP contribution in [0.3, 0.4) is 0 Å². The topological polar surface area (TPSA) is 82.1 Å². The Hall–Kier alpha value is -2.05. The molecule has 0 aliphatic carbocycles. The maximum atomic E-state index is 12.6. The van der Waals surface area contributed by atoms with Crippen molar-refractivity contribution in [1.82, 2.24) is 4.90 Å². The number of ether oxygens (including phenoxy) is 3. The molecule has 1 aliphatic heterocycles. The molecular formula is C22H19BrINO6S. The molecule has 3 rings (SSSR count). The van der Waals surface area contributed by atoms with Crippen molar-refractivity contribution in [3.63, 3.8) is 0 Å². The Bertz CT molecular complexity index is 1070. The number of carbonyl (C=O) groups is 3. The zero-order valence-electron chi connectivity index (χ0n) is 17.2. The standard InChI is InChI=1S/C22H19BrINO6S/c1-3-30-19(26)11-25-21(27)18(32-22(25)28)10-14-8-16(24)20(17(9-14)29-2)31-12-13-4-6-15(23)7-5-13/h4-10H,3,11-12H2,1-2H3/b18-10+. The van der Waals surface area contributed by atoms with Crippen LogP contribution in [0.25, 0.3) is 6.08 Å². The van der Waals surface area contributed by atoms with E-state index in [9.17, 15) is 14.4 Å². The van der Waals surface area contributed by atoms with Gasteiger partial charge in [-0.1, -0.05) is 28.1 Å². The lowest BCUT2D eigenvalue weighted by molar-refractivity contribution is -0.145. The van der Waals surface area contributed by atoms with Crippen LogP contribution < -0.4 is 9.47 Å². The monoisotopic (exact) mass is 631 g/mol. The van der Waals surface area contributed by atoms with Crippen molar-refractivity contribution in [2.75, 3.05) is 20.3 Å². The van der Waals surface area contributed by atoms with E-state index in [0.29, 0.717) is 23.7 Å². The molecule has 0 bridgehead atoms. The number of nitrogens with zero attached hydrogens (tertiary/aromatic N) is 1. The third-order valence-electron chi connectivity index (χ3n) is 4.31. The molecule has 0 unspecified atom stereocenters. The number of esters is 1. The zero-order valence-corrected chi connectivity index (χ0v) is 21.8. The van der Waals surface area contributed by atoms with E-state index in [1.807, 2.05) is 30.3 Å². The summed E-state index contributed by atoms with van der Waals surface area (Å²) in [6.45, 7) is 1.80. The second-order valence-corrected chi connectivity index (χ2v) is 9.59. The van der Waals surface area contributed by atoms with Crippen molar-refractivity contribution in [2.24, 2.45) is 0 Å². The Balaban J connectivity index is 1.78. The van der Waals surface area contributed by atoms with E-state index in [-0.39, 0.29) is 11.5 Å². The number of hydrogen-bond acceptors (Lipinski definition) is 7. The van der Waals surface area contributed by atoms with E-state index in [4.69, 9.17) is 14.2 Å². The van der Waals surface area contributed by atoms with Crippen LogP contribution in [0.1, 0.15) is 18.1 Å². The number of carbonyl (C=O) groups excluding carboxylic acids is 3. The van der Waals surface area contributed by atoms with Gasteiger partial charge < -0.3 is 14.2 Å². The SMILES string of the molecule is CCOC(=O)CN1C(=O)S/C(=C/c2cc(I)c(OCc3ccc(Br)cc3)c(OC)c2)C1=O. The lowest BCUT2D eigenvalue weighted by Gasteiger charge is -2.14. The average molecular weight is 632 g/mol. The van der Waals surface area contributed by atoms with Gasteiger partial charge in [0.1, 0.15) is 13.2 Å². The molecule has 32 heavy (non-hydrogen) atoms. The predicted octanol–water partition coefficient (Wildman–Crippen LogP) is 5.24. The van der Waals surface area contributed by atoms with Gasteiger partial charge in [-0.05, 0) is 82.7 Å². The molecule has 2 aromatic rings. The zero-order chi connectivity index (χ0) is 23.3. The largest absolute Gasteiger partial charge is 0.493 e. The molecule has 0 atom stereocenters. The summed E-state index contributed by atoms with van der Waals surface area (Å²) in [5.41, 5.74) is 1.68. The van der Waals surface area contributed by atoms with Crippen LogP contribution in [0.2, 0.25) is 0 Å². The van der Waals surface area contributed by atoms with Crippen molar-refractivity contribution in [3.8, 4) is 11.5 Å². The fourth-order valence-corrected chi connectivity index (χ4v) is 4.71. The smallest absolute Gasteiger partial charge is 0.326 e. The number of methoxy groups -OCH3 is 1. The predicted molar refractivity (Wildman–Crippen MR) is 133 cm³/mol. The minimum absolute atomic E-state index is 0.180. The molecule has 7 nitrogen and oxygen atoms in total. The lowest BCUT2D eigenvalue weighted by Crippen LogP contribution is -2.34. The fraction of sp³-hybridized carbons (Fsp3) is 0.227. The van der Waals surface area contributed by atoms with E-state index in [0.717, 1.165) is 30.3 Å². The number of imide groups is 1.